The first-order valence-electron chi connectivity index (χ1n) is 12.4. The number of carbonyl (C=O) groups excluding carboxylic acids is 2. The predicted molar refractivity (Wildman–Crippen MR) is 155 cm³/mol. The van der Waals surface area contributed by atoms with Gasteiger partial charge in [-0.05, 0) is 48.2 Å². The summed E-state index contributed by atoms with van der Waals surface area (Å²) in [4.78, 5) is 28.3. The monoisotopic (exact) mass is 599 g/mol. The van der Waals surface area contributed by atoms with Gasteiger partial charge in [0.05, 0.1) is 11.9 Å². The molecule has 0 bridgehead atoms. The summed E-state index contributed by atoms with van der Waals surface area (Å²) in [5.41, 5.74) is 3.27. The normalized spacial score (nSPS) is 12.0. The van der Waals surface area contributed by atoms with Gasteiger partial charge >= 0.3 is 0 Å². The number of carbonyl (C=O) groups is 2. The van der Waals surface area contributed by atoms with E-state index >= 15 is 0 Å². The lowest BCUT2D eigenvalue weighted by atomic mass is 10.0. The molecule has 9 heteroatoms. The molecule has 3 aromatic carbocycles. The Morgan fingerprint density at radius 3 is 2.16 bits per heavy atom. The van der Waals surface area contributed by atoms with Crippen molar-refractivity contribution >= 4 is 43.5 Å². The number of aryl methyl sites for hydroxylation is 1. The Bertz CT molecular complexity index is 1330. The summed E-state index contributed by atoms with van der Waals surface area (Å²) < 4.78 is 27.4. The standard InChI is InChI=1S/C29H34BrN3O4S/c1-22-10-7-8-13-26(22)33(38(3,36)37)19-9-14-28(34)32(21-24-15-17-25(30)18-16-24)27(29(35)31-2)20-23-11-5-4-6-12-23/h4-8,10-13,15-18,27H,9,14,19-21H2,1-3H3,(H,31,35)/t27-/m1/s1. The summed E-state index contributed by atoms with van der Waals surface area (Å²) >= 11 is 3.44. The quantitative estimate of drug-likeness (QED) is 0.327. The van der Waals surface area contributed by atoms with E-state index in [9.17, 15) is 18.0 Å². The number of sulfonamides is 1. The Morgan fingerprint density at radius 2 is 1.55 bits per heavy atom. The summed E-state index contributed by atoms with van der Waals surface area (Å²) in [5, 5.41) is 2.71. The van der Waals surface area contributed by atoms with E-state index in [0.29, 0.717) is 18.5 Å². The van der Waals surface area contributed by atoms with Crippen LogP contribution in [-0.2, 0) is 32.6 Å². The lowest BCUT2D eigenvalue weighted by Gasteiger charge is -2.31. The zero-order valence-electron chi connectivity index (χ0n) is 21.9. The fourth-order valence-corrected chi connectivity index (χ4v) is 5.62. The summed E-state index contributed by atoms with van der Waals surface area (Å²) in [6.07, 6.45) is 1.93. The SMILES string of the molecule is CNC(=O)[C@@H](Cc1ccccc1)N(Cc1ccc(Br)cc1)C(=O)CCCN(c1ccccc1C)S(C)(=O)=O. The van der Waals surface area contributed by atoms with Gasteiger partial charge in [0.2, 0.25) is 21.8 Å². The maximum absolute atomic E-state index is 13.7. The molecule has 0 aliphatic carbocycles. The highest BCUT2D eigenvalue weighted by Gasteiger charge is 2.30. The maximum Gasteiger partial charge on any atom is 0.242 e. The van der Waals surface area contributed by atoms with Gasteiger partial charge in [0, 0.05) is 37.5 Å². The van der Waals surface area contributed by atoms with E-state index in [1.165, 1.54) is 10.6 Å². The Balaban J connectivity index is 1.84. The second-order valence-electron chi connectivity index (χ2n) is 9.19. The van der Waals surface area contributed by atoms with Crippen molar-refractivity contribution in [2.45, 2.75) is 38.8 Å². The lowest BCUT2D eigenvalue weighted by Crippen LogP contribution is -2.49. The van der Waals surface area contributed by atoms with Crippen LogP contribution in [0, 0.1) is 6.92 Å². The molecular formula is C29H34BrN3O4S. The largest absolute Gasteiger partial charge is 0.357 e. The second kappa shape index (κ2) is 13.6. The van der Waals surface area contributed by atoms with Crippen molar-refractivity contribution in [3.8, 4) is 0 Å². The number of halogens is 1. The molecule has 0 saturated carbocycles. The fourth-order valence-electron chi connectivity index (χ4n) is 4.33. The number of para-hydroxylation sites is 1. The molecule has 2 amide bonds. The Morgan fingerprint density at radius 1 is 0.921 bits per heavy atom. The van der Waals surface area contributed by atoms with Crippen molar-refractivity contribution in [3.05, 3.63) is 100 Å². The highest BCUT2D eigenvalue weighted by Crippen LogP contribution is 2.23. The number of benzene rings is 3. The Labute approximate surface area is 234 Å². The molecule has 0 fully saturated rings. The van der Waals surface area contributed by atoms with Crippen LogP contribution in [0.3, 0.4) is 0 Å². The van der Waals surface area contributed by atoms with Gasteiger partial charge in [-0.1, -0.05) is 76.6 Å². The molecular weight excluding hydrogens is 566 g/mol. The smallest absolute Gasteiger partial charge is 0.242 e. The third-order valence-corrected chi connectivity index (χ3v) is 8.03. The summed E-state index contributed by atoms with van der Waals surface area (Å²) in [5.74, 6) is -0.465. The summed E-state index contributed by atoms with van der Waals surface area (Å²) in [6.45, 7) is 2.27. The van der Waals surface area contributed by atoms with Crippen LogP contribution in [0.5, 0.6) is 0 Å². The van der Waals surface area contributed by atoms with Gasteiger partial charge in [0.25, 0.3) is 0 Å². The maximum atomic E-state index is 13.7. The minimum atomic E-state index is -3.55. The molecule has 1 N–H and O–H groups in total. The summed E-state index contributed by atoms with van der Waals surface area (Å²) in [6, 6.07) is 23.8. The fraction of sp³-hybridized carbons (Fsp3) is 0.310. The molecule has 7 nitrogen and oxygen atoms in total. The van der Waals surface area contributed by atoms with E-state index in [4.69, 9.17) is 0 Å². The van der Waals surface area contributed by atoms with Crippen LogP contribution in [0.2, 0.25) is 0 Å². The Hall–Kier alpha value is -3.17. The molecule has 0 unspecified atom stereocenters. The van der Waals surface area contributed by atoms with E-state index in [1.54, 1.807) is 24.1 Å². The van der Waals surface area contributed by atoms with Crippen molar-refractivity contribution < 1.29 is 18.0 Å². The van der Waals surface area contributed by atoms with Crippen molar-refractivity contribution in [1.29, 1.82) is 0 Å². The van der Waals surface area contributed by atoms with Crippen molar-refractivity contribution in [2.24, 2.45) is 0 Å². The van der Waals surface area contributed by atoms with Crippen molar-refractivity contribution in [2.75, 3.05) is 24.2 Å². The lowest BCUT2D eigenvalue weighted by molar-refractivity contribution is -0.141. The van der Waals surface area contributed by atoms with Gasteiger partial charge in [-0.3, -0.25) is 13.9 Å². The molecule has 38 heavy (non-hydrogen) atoms. The number of anilines is 1. The van der Waals surface area contributed by atoms with Crippen LogP contribution < -0.4 is 9.62 Å². The summed E-state index contributed by atoms with van der Waals surface area (Å²) in [7, 11) is -1.98. The first kappa shape index (κ1) is 29.4. The van der Waals surface area contributed by atoms with Crippen LogP contribution in [0.1, 0.15) is 29.5 Å². The first-order valence-corrected chi connectivity index (χ1v) is 15.1. The van der Waals surface area contributed by atoms with Gasteiger partial charge in [-0.2, -0.15) is 0 Å². The molecule has 0 aliphatic rings. The number of hydrogen-bond acceptors (Lipinski definition) is 4. The third kappa shape index (κ3) is 8.16. The topological polar surface area (TPSA) is 86.8 Å². The van der Waals surface area contributed by atoms with Gasteiger partial charge in [-0.25, -0.2) is 8.42 Å². The molecule has 0 saturated heterocycles. The highest BCUT2D eigenvalue weighted by molar-refractivity contribution is 9.10. The molecule has 0 spiro atoms. The van der Waals surface area contributed by atoms with Gasteiger partial charge < -0.3 is 10.2 Å². The number of rotatable bonds is 12. The average molecular weight is 601 g/mol. The van der Waals surface area contributed by atoms with Crippen LogP contribution >= 0.6 is 15.9 Å². The average Bonchev–Trinajstić information content (AvgIpc) is 2.89. The molecule has 0 aromatic heterocycles. The van der Waals surface area contributed by atoms with E-state index < -0.39 is 16.1 Å². The first-order chi connectivity index (χ1) is 18.1. The number of nitrogens with one attached hydrogen (secondary N) is 1. The molecule has 0 heterocycles. The minimum Gasteiger partial charge on any atom is -0.357 e. The van der Waals surface area contributed by atoms with Crippen LogP contribution in [-0.4, -0.2) is 51.0 Å². The minimum absolute atomic E-state index is 0.0940. The van der Waals surface area contributed by atoms with E-state index in [0.717, 1.165) is 21.2 Å². The molecule has 3 rings (SSSR count). The third-order valence-electron chi connectivity index (χ3n) is 6.32. The predicted octanol–water partition coefficient (Wildman–Crippen LogP) is 4.69. The second-order valence-corrected chi connectivity index (χ2v) is 12.0. The van der Waals surface area contributed by atoms with E-state index in [2.05, 4.69) is 21.2 Å². The van der Waals surface area contributed by atoms with E-state index in [-0.39, 0.29) is 31.3 Å². The van der Waals surface area contributed by atoms with Crippen molar-refractivity contribution in [1.82, 2.24) is 10.2 Å². The zero-order valence-corrected chi connectivity index (χ0v) is 24.3. The van der Waals surface area contributed by atoms with E-state index in [1.807, 2.05) is 73.7 Å². The molecule has 0 radical (unpaired) electrons. The number of amides is 2. The molecule has 0 aliphatic heterocycles. The highest BCUT2D eigenvalue weighted by atomic mass is 79.9. The molecule has 1 atom stereocenters. The van der Waals surface area contributed by atoms with Crippen LogP contribution in [0.4, 0.5) is 5.69 Å². The molecule has 202 valence electrons. The van der Waals surface area contributed by atoms with Gasteiger partial charge in [0.15, 0.2) is 0 Å². The Kier molecular flexibility index (Phi) is 10.5. The van der Waals surface area contributed by atoms with Crippen LogP contribution in [0.25, 0.3) is 0 Å². The number of hydrogen-bond donors (Lipinski definition) is 1. The molecule has 3 aromatic rings. The number of likely N-dealkylation sites (N-methyl/N-ethyl adjacent to an activating group) is 1. The zero-order chi connectivity index (χ0) is 27.7. The van der Waals surface area contributed by atoms with Crippen LogP contribution in [0.15, 0.2) is 83.3 Å². The van der Waals surface area contributed by atoms with Gasteiger partial charge in [0.1, 0.15) is 6.04 Å². The number of nitrogens with zero attached hydrogens (tertiary/aromatic N) is 2. The van der Waals surface area contributed by atoms with Crippen molar-refractivity contribution in [3.63, 3.8) is 0 Å². The van der Waals surface area contributed by atoms with Gasteiger partial charge in [-0.15, -0.1) is 0 Å².